The second-order valence-corrected chi connectivity index (χ2v) is 9.49. The first kappa shape index (κ1) is 18.9. The van der Waals surface area contributed by atoms with Crippen molar-refractivity contribution in [2.75, 3.05) is 0 Å². The molecule has 0 saturated carbocycles. The molecule has 3 aromatic carbocycles. The zero-order chi connectivity index (χ0) is 19.7. The average Bonchev–Trinajstić information content (AvgIpc) is 3.16. The summed E-state index contributed by atoms with van der Waals surface area (Å²) in [6, 6.07) is 24.0. The minimum absolute atomic E-state index is 0.248. The lowest BCUT2D eigenvalue weighted by Crippen LogP contribution is -2.27. The molecule has 1 heterocycles. The number of sulfonamides is 1. The van der Waals surface area contributed by atoms with Crippen LogP contribution in [0.2, 0.25) is 0 Å². The molecule has 1 aliphatic rings. The number of aryl methyl sites for hydroxylation is 1. The molecule has 0 aliphatic carbocycles. The maximum Gasteiger partial charge on any atom is 0.279 e. The van der Waals surface area contributed by atoms with E-state index in [2.05, 4.69) is 21.0 Å². The van der Waals surface area contributed by atoms with Crippen LogP contribution in [0.1, 0.15) is 29.2 Å². The molecule has 0 fully saturated rings. The quantitative estimate of drug-likeness (QED) is 0.536. The van der Waals surface area contributed by atoms with E-state index in [1.54, 1.807) is 24.3 Å². The lowest BCUT2D eigenvalue weighted by atomic mass is 9.99. The Hall–Kier alpha value is -2.44. The van der Waals surface area contributed by atoms with Gasteiger partial charge in [0.25, 0.3) is 10.0 Å². The molecule has 0 bridgehead atoms. The van der Waals surface area contributed by atoms with Gasteiger partial charge in [0, 0.05) is 10.9 Å². The monoisotopic (exact) mass is 454 g/mol. The molecule has 0 amide bonds. The standard InChI is InChI=1S/C22H19BrN2O2S/c1-16-7-13-20(14-8-16)28(26,27)25-22(18-9-11-19(23)12-10-18)15-21(24-25)17-5-3-2-4-6-17/h2-14,22H,15H2,1H3. The zero-order valence-electron chi connectivity index (χ0n) is 15.3. The molecule has 0 aromatic heterocycles. The Bertz CT molecular complexity index is 1110. The van der Waals surface area contributed by atoms with Gasteiger partial charge in [-0.25, -0.2) is 0 Å². The highest BCUT2D eigenvalue weighted by Crippen LogP contribution is 2.37. The summed E-state index contributed by atoms with van der Waals surface area (Å²) in [7, 11) is -3.77. The molecule has 142 valence electrons. The maximum atomic E-state index is 13.4. The molecule has 6 heteroatoms. The molecule has 0 spiro atoms. The van der Waals surface area contributed by atoms with Gasteiger partial charge in [-0.2, -0.15) is 17.9 Å². The summed E-state index contributed by atoms with van der Waals surface area (Å²) in [5, 5.41) is 4.56. The predicted molar refractivity (Wildman–Crippen MR) is 115 cm³/mol. The second kappa shape index (κ2) is 7.53. The van der Waals surface area contributed by atoms with Gasteiger partial charge in [-0.15, -0.1) is 0 Å². The Morgan fingerprint density at radius 1 is 0.929 bits per heavy atom. The van der Waals surface area contributed by atoms with Crippen LogP contribution in [0.3, 0.4) is 0 Å². The zero-order valence-corrected chi connectivity index (χ0v) is 17.7. The van der Waals surface area contributed by atoms with E-state index < -0.39 is 10.0 Å². The summed E-state index contributed by atoms with van der Waals surface area (Å²) >= 11 is 3.44. The van der Waals surface area contributed by atoms with Gasteiger partial charge in [0.2, 0.25) is 0 Å². The smallest absolute Gasteiger partial charge is 0.200 e. The van der Waals surface area contributed by atoms with Gasteiger partial charge in [0.1, 0.15) is 0 Å². The number of hydrazone groups is 1. The van der Waals surface area contributed by atoms with Crippen molar-refractivity contribution in [3.63, 3.8) is 0 Å². The molecule has 28 heavy (non-hydrogen) atoms. The van der Waals surface area contributed by atoms with E-state index in [4.69, 9.17) is 0 Å². The van der Waals surface area contributed by atoms with E-state index in [0.29, 0.717) is 6.42 Å². The summed E-state index contributed by atoms with van der Waals surface area (Å²) in [5.41, 5.74) is 3.63. The van der Waals surface area contributed by atoms with Crippen LogP contribution in [0.4, 0.5) is 0 Å². The van der Waals surface area contributed by atoms with E-state index >= 15 is 0 Å². The summed E-state index contributed by atoms with van der Waals surface area (Å²) in [6.07, 6.45) is 0.525. The van der Waals surface area contributed by atoms with Crippen LogP contribution in [-0.4, -0.2) is 18.5 Å². The average molecular weight is 455 g/mol. The van der Waals surface area contributed by atoms with E-state index in [1.165, 1.54) is 4.41 Å². The van der Waals surface area contributed by atoms with Gasteiger partial charge in [-0.3, -0.25) is 0 Å². The minimum atomic E-state index is -3.77. The Morgan fingerprint density at radius 2 is 1.57 bits per heavy atom. The molecule has 0 saturated heterocycles. The third-order valence-electron chi connectivity index (χ3n) is 4.80. The first-order valence-electron chi connectivity index (χ1n) is 8.94. The molecule has 1 atom stereocenters. The number of hydrogen-bond donors (Lipinski definition) is 0. The second-order valence-electron chi connectivity index (χ2n) is 6.77. The summed E-state index contributed by atoms with van der Waals surface area (Å²) in [6.45, 7) is 1.93. The first-order chi connectivity index (χ1) is 13.4. The van der Waals surface area contributed by atoms with Crippen LogP contribution in [0, 0.1) is 6.92 Å². The first-order valence-corrected chi connectivity index (χ1v) is 11.2. The lowest BCUT2D eigenvalue weighted by molar-refractivity contribution is 0.371. The van der Waals surface area contributed by atoms with Crippen LogP contribution >= 0.6 is 15.9 Å². The third-order valence-corrected chi connectivity index (χ3v) is 7.02. The van der Waals surface area contributed by atoms with Crippen molar-refractivity contribution in [3.05, 3.63) is 100 Å². The van der Waals surface area contributed by atoms with Gasteiger partial charge in [-0.05, 0) is 42.3 Å². The van der Waals surface area contributed by atoms with Gasteiger partial charge in [0.15, 0.2) is 0 Å². The molecule has 1 aliphatic heterocycles. The molecule has 0 N–H and O–H groups in total. The van der Waals surface area contributed by atoms with Crippen molar-refractivity contribution in [1.29, 1.82) is 0 Å². The van der Waals surface area contributed by atoms with Crippen LogP contribution in [-0.2, 0) is 10.0 Å². The molecule has 3 aromatic rings. The molecular formula is C22H19BrN2O2S. The maximum absolute atomic E-state index is 13.4. The third kappa shape index (κ3) is 3.62. The van der Waals surface area contributed by atoms with Crippen LogP contribution in [0.25, 0.3) is 0 Å². The number of nitrogens with zero attached hydrogens (tertiary/aromatic N) is 2. The van der Waals surface area contributed by atoms with Crippen LogP contribution in [0.15, 0.2) is 93.3 Å². The number of benzene rings is 3. The fraction of sp³-hybridized carbons (Fsp3) is 0.136. The Labute approximate surface area is 173 Å². The van der Waals surface area contributed by atoms with Crippen molar-refractivity contribution in [1.82, 2.24) is 4.41 Å². The van der Waals surface area contributed by atoms with E-state index in [9.17, 15) is 8.42 Å². The van der Waals surface area contributed by atoms with E-state index in [-0.39, 0.29) is 10.9 Å². The number of rotatable bonds is 4. The topological polar surface area (TPSA) is 49.7 Å². The Balaban J connectivity index is 1.79. The van der Waals surface area contributed by atoms with Gasteiger partial charge >= 0.3 is 0 Å². The summed E-state index contributed by atoms with van der Waals surface area (Å²) in [5.74, 6) is 0. The lowest BCUT2D eigenvalue weighted by Gasteiger charge is -2.23. The molecule has 4 nitrogen and oxygen atoms in total. The Kier molecular flexibility index (Phi) is 5.08. The minimum Gasteiger partial charge on any atom is -0.200 e. The van der Waals surface area contributed by atoms with Crippen LogP contribution in [0.5, 0.6) is 0 Å². The van der Waals surface area contributed by atoms with Crippen LogP contribution < -0.4 is 0 Å². The van der Waals surface area contributed by atoms with Crippen molar-refractivity contribution in [3.8, 4) is 0 Å². The summed E-state index contributed by atoms with van der Waals surface area (Å²) < 4.78 is 29.0. The largest absolute Gasteiger partial charge is 0.279 e. The van der Waals surface area contributed by atoms with Crippen molar-refractivity contribution in [2.24, 2.45) is 5.10 Å². The fourth-order valence-electron chi connectivity index (χ4n) is 3.27. The number of hydrogen-bond acceptors (Lipinski definition) is 3. The van der Waals surface area contributed by atoms with E-state index in [0.717, 1.165) is 26.9 Å². The molecule has 4 rings (SSSR count). The molecule has 0 radical (unpaired) electrons. The van der Waals surface area contributed by atoms with Crippen molar-refractivity contribution >= 4 is 31.7 Å². The van der Waals surface area contributed by atoms with Gasteiger partial charge < -0.3 is 0 Å². The van der Waals surface area contributed by atoms with Crippen molar-refractivity contribution in [2.45, 2.75) is 24.3 Å². The predicted octanol–water partition coefficient (Wildman–Crippen LogP) is 5.30. The highest BCUT2D eigenvalue weighted by atomic mass is 79.9. The number of halogens is 1. The SMILES string of the molecule is Cc1ccc(S(=O)(=O)N2N=C(c3ccccc3)CC2c2ccc(Br)cc2)cc1. The van der Waals surface area contributed by atoms with Gasteiger partial charge in [0.05, 0.1) is 16.6 Å². The van der Waals surface area contributed by atoms with E-state index in [1.807, 2.05) is 61.5 Å². The molecular weight excluding hydrogens is 436 g/mol. The summed E-state index contributed by atoms with van der Waals surface area (Å²) in [4.78, 5) is 0.248. The van der Waals surface area contributed by atoms with Gasteiger partial charge in [-0.1, -0.05) is 76.1 Å². The van der Waals surface area contributed by atoms with Crippen molar-refractivity contribution < 1.29 is 8.42 Å². The Morgan fingerprint density at radius 3 is 2.21 bits per heavy atom. The highest BCUT2D eigenvalue weighted by Gasteiger charge is 2.37. The molecule has 1 unspecified atom stereocenters. The highest BCUT2D eigenvalue weighted by molar-refractivity contribution is 9.10. The normalized spacial score (nSPS) is 16.9. The fourth-order valence-corrected chi connectivity index (χ4v) is 4.96.